The van der Waals surface area contributed by atoms with Crippen LogP contribution in [0, 0.1) is 0 Å². The molecule has 3 N–H and O–H groups in total. The molecule has 2 heterocycles. The third-order valence-electron chi connectivity index (χ3n) is 2.96. The highest BCUT2D eigenvalue weighted by Crippen LogP contribution is 2.19. The number of hydrogen-bond acceptors (Lipinski definition) is 4. The molecule has 1 atom stereocenters. The molecular formula is C14H20N4O. The molecule has 19 heavy (non-hydrogen) atoms. The first kappa shape index (κ1) is 13.7. The van der Waals surface area contributed by atoms with E-state index in [1.54, 1.807) is 6.20 Å². The minimum atomic E-state index is -0.221. The van der Waals surface area contributed by atoms with Crippen LogP contribution in [0.25, 0.3) is 11.3 Å². The van der Waals surface area contributed by atoms with E-state index in [-0.39, 0.29) is 6.10 Å². The molecular weight excluding hydrogens is 240 g/mol. The van der Waals surface area contributed by atoms with E-state index in [4.69, 9.17) is 0 Å². The van der Waals surface area contributed by atoms with Gasteiger partial charge in [-0.2, -0.15) is 5.10 Å². The first-order valence-electron chi connectivity index (χ1n) is 6.59. The normalized spacial score (nSPS) is 12.5. The van der Waals surface area contributed by atoms with Gasteiger partial charge in [-0.05, 0) is 38.4 Å². The summed E-state index contributed by atoms with van der Waals surface area (Å²) in [6.45, 7) is 3.47. The summed E-state index contributed by atoms with van der Waals surface area (Å²) in [5, 5.41) is 19.6. The number of nitrogens with one attached hydrogen (secondary N) is 2. The number of nitrogens with zero attached hydrogens (tertiary/aromatic N) is 2. The van der Waals surface area contributed by atoms with Crippen LogP contribution in [0.4, 0.5) is 0 Å². The summed E-state index contributed by atoms with van der Waals surface area (Å²) in [5.74, 6) is 0. The molecule has 0 bridgehead atoms. The lowest BCUT2D eigenvalue weighted by molar-refractivity contribution is 0.181. The predicted molar refractivity (Wildman–Crippen MR) is 74.4 cm³/mol. The fourth-order valence-corrected chi connectivity index (χ4v) is 1.95. The van der Waals surface area contributed by atoms with Crippen molar-refractivity contribution in [3.63, 3.8) is 0 Å². The van der Waals surface area contributed by atoms with Gasteiger partial charge in [0.1, 0.15) is 0 Å². The molecule has 5 heteroatoms. The second-order valence-electron chi connectivity index (χ2n) is 4.68. The van der Waals surface area contributed by atoms with Crippen molar-refractivity contribution in [3.8, 4) is 11.3 Å². The van der Waals surface area contributed by atoms with Gasteiger partial charge in [-0.3, -0.25) is 10.1 Å². The molecule has 0 spiro atoms. The molecule has 2 aromatic rings. The molecule has 0 saturated carbocycles. The van der Waals surface area contributed by atoms with E-state index in [0.717, 1.165) is 42.8 Å². The van der Waals surface area contributed by atoms with Gasteiger partial charge in [0.15, 0.2) is 0 Å². The molecule has 0 amide bonds. The van der Waals surface area contributed by atoms with Gasteiger partial charge in [0, 0.05) is 30.1 Å². The van der Waals surface area contributed by atoms with Crippen molar-refractivity contribution in [1.82, 2.24) is 20.5 Å². The molecule has 0 radical (unpaired) electrons. The summed E-state index contributed by atoms with van der Waals surface area (Å²) in [6, 6.07) is 3.92. The van der Waals surface area contributed by atoms with E-state index in [1.165, 1.54) is 0 Å². The summed E-state index contributed by atoms with van der Waals surface area (Å²) < 4.78 is 0. The van der Waals surface area contributed by atoms with Crippen molar-refractivity contribution in [2.45, 2.75) is 32.4 Å². The Morgan fingerprint density at radius 1 is 1.42 bits per heavy atom. The maximum Gasteiger partial charge on any atom is 0.0710 e. The number of pyridine rings is 1. The fraction of sp³-hybridized carbons (Fsp3) is 0.429. The Balaban J connectivity index is 1.87. The van der Waals surface area contributed by atoms with Gasteiger partial charge in [-0.25, -0.2) is 0 Å². The van der Waals surface area contributed by atoms with Crippen molar-refractivity contribution < 1.29 is 5.11 Å². The summed E-state index contributed by atoms with van der Waals surface area (Å²) in [7, 11) is 0. The molecule has 102 valence electrons. The topological polar surface area (TPSA) is 73.8 Å². The monoisotopic (exact) mass is 260 g/mol. The number of aromatic amines is 1. The average Bonchev–Trinajstić information content (AvgIpc) is 2.87. The van der Waals surface area contributed by atoms with Crippen LogP contribution in [0.3, 0.4) is 0 Å². The van der Waals surface area contributed by atoms with Gasteiger partial charge in [-0.1, -0.05) is 0 Å². The Bertz CT molecular complexity index is 481. The second kappa shape index (κ2) is 7.01. The molecule has 0 aromatic carbocycles. The largest absolute Gasteiger partial charge is 0.393 e. The smallest absolute Gasteiger partial charge is 0.0710 e. The molecule has 0 fully saturated rings. The number of hydrogen-bond donors (Lipinski definition) is 3. The lowest BCUT2D eigenvalue weighted by Crippen LogP contribution is -2.16. The average molecular weight is 260 g/mol. The van der Waals surface area contributed by atoms with E-state index < -0.39 is 0 Å². The molecule has 0 aliphatic rings. The van der Waals surface area contributed by atoms with E-state index in [9.17, 15) is 5.11 Å². The van der Waals surface area contributed by atoms with Crippen LogP contribution in [-0.2, 0) is 6.54 Å². The van der Waals surface area contributed by atoms with E-state index in [0.29, 0.717) is 0 Å². The van der Waals surface area contributed by atoms with Gasteiger partial charge in [0.05, 0.1) is 18.0 Å². The Kier molecular flexibility index (Phi) is 5.06. The molecule has 1 unspecified atom stereocenters. The van der Waals surface area contributed by atoms with Gasteiger partial charge >= 0.3 is 0 Å². The van der Waals surface area contributed by atoms with Crippen molar-refractivity contribution in [2.24, 2.45) is 0 Å². The summed E-state index contributed by atoms with van der Waals surface area (Å²) in [6.07, 6.45) is 7.00. The zero-order chi connectivity index (χ0) is 13.5. The van der Waals surface area contributed by atoms with E-state index >= 15 is 0 Å². The molecule has 2 rings (SSSR count). The van der Waals surface area contributed by atoms with Crippen LogP contribution in [0.1, 0.15) is 25.3 Å². The second-order valence-corrected chi connectivity index (χ2v) is 4.68. The molecule has 2 aromatic heterocycles. The Morgan fingerprint density at radius 2 is 2.32 bits per heavy atom. The lowest BCUT2D eigenvalue weighted by Gasteiger charge is -2.06. The summed E-state index contributed by atoms with van der Waals surface area (Å²) >= 11 is 0. The third kappa shape index (κ3) is 4.15. The fourth-order valence-electron chi connectivity index (χ4n) is 1.95. The minimum absolute atomic E-state index is 0.221. The third-order valence-corrected chi connectivity index (χ3v) is 2.96. The van der Waals surface area contributed by atoms with Crippen LogP contribution in [0.15, 0.2) is 30.7 Å². The van der Waals surface area contributed by atoms with Crippen molar-refractivity contribution in [1.29, 1.82) is 0 Å². The Labute approximate surface area is 113 Å². The Hall–Kier alpha value is -1.72. The number of aromatic nitrogens is 3. The van der Waals surface area contributed by atoms with Gasteiger partial charge in [-0.15, -0.1) is 0 Å². The zero-order valence-electron chi connectivity index (χ0n) is 11.1. The van der Waals surface area contributed by atoms with Crippen LogP contribution >= 0.6 is 0 Å². The number of aliphatic hydroxyl groups excluding tert-OH is 1. The van der Waals surface area contributed by atoms with Gasteiger partial charge < -0.3 is 10.4 Å². The molecule has 5 nitrogen and oxygen atoms in total. The minimum Gasteiger partial charge on any atom is -0.393 e. The summed E-state index contributed by atoms with van der Waals surface area (Å²) in [5.41, 5.74) is 3.18. The highest BCUT2D eigenvalue weighted by atomic mass is 16.3. The summed E-state index contributed by atoms with van der Waals surface area (Å²) in [4.78, 5) is 4.11. The molecule has 0 aliphatic carbocycles. The Morgan fingerprint density at radius 3 is 3.05 bits per heavy atom. The van der Waals surface area contributed by atoms with Crippen molar-refractivity contribution >= 4 is 0 Å². The first-order valence-corrected chi connectivity index (χ1v) is 6.59. The number of H-pyrrole nitrogens is 1. The quantitative estimate of drug-likeness (QED) is 0.663. The molecule has 0 saturated heterocycles. The predicted octanol–water partition coefficient (Wildman–Crippen LogP) is 1.72. The SMILES string of the molecule is CC(O)CCCNCc1cn[nH]c1-c1cccnc1. The van der Waals surface area contributed by atoms with Gasteiger partial charge in [0.2, 0.25) is 0 Å². The molecule has 0 aliphatic heterocycles. The lowest BCUT2D eigenvalue weighted by atomic mass is 10.1. The highest BCUT2D eigenvalue weighted by Gasteiger charge is 2.07. The maximum atomic E-state index is 9.18. The van der Waals surface area contributed by atoms with Crippen LogP contribution in [0.5, 0.6) is 0 Å². The van der Waals surface area contributed by atoms with E-state index in [2.05, 4.69) is 20.5 Å². The first-order chi connectivity index (χ1) is 9.27. The number of rotatable bonds is 7. The van der Waals surface area contributed by atoms with Crippen LogP contribution in [0.2, 0.25) is 0 Å². The van der Waals surface area contributed by atoms with Crippen LogP contribution < -0.4 is 5.32 Å². The van der Waals surface area contributed by atoms with E-state index in [1.807, 2.05) is 31.5 Å². The van der Waals surface area contributed by atoms with Gasteiger partial charge in [0.25, 0.3) is 0 Å². The van der Waals surface area contributed by atoms with Crippen LogP contribution in [-0.4, -0.2) is 32.9 Å². The number of aliphatic hydroxyl groups is 1. The van der Waals surface area contributed by atoms with Crippen molar-refractivity contribution in [3.05, 3.63) is 36.3 Å². The van der Waals surface area contributed by atoms with Crippen molar-refractivity contribution in [2.75, 3.05) is 6.54 Å². The zero-order valence-corrected chi connectivity index (χ0v) is 11.1. The standard InChI is InChI=1S/C14H20N4O/c1-11(19)4-2-6-16-9-13-10-17-18-14(13)12-5-3-7-15-8-12/h3,5,7-8,10-11,16,19H,2,4,6,9H2,1H3,(H,17,18). The maximum absolute atomic E-state index is 9.18. The highest BCUT2D eigenvalue weighted by molar-refractivity contribution is 5.61.